The van der Waals surface area contributed by atoms with Gasteiger partial charge < -0.3 is 14.8 Å². The molecular formula is C18H16ClNO4. The van der Waals surface area contributed by atoms with E-state index >= 15 is 0 Å². The molecule has 0 aromatic heterocycles. The summed E-state index contributed by atoms with van der Waals surface area (Å²) in [6.07, 6.45) is -0.0453. The topological polar surface area (TPSA) is 64.6 Å². The van der Waals surface area contributed by atoms with Crippen molar-refractivity contribution in [1.82, 2.24) is 5.32 Å². The van der Waals surface area contributed by atoms with E-state index in [0.29, 0.717) is 29.3 Å². The Morgan fingerprint density at radius 2 is 2.00 bits per heavy atom. The highest BCUT2D eigenvalue weighted by Crippen LogP contribution is 2.31. The van der Waals surface area contributed by atoms with Gasteiger partial charge in [-0.15, -0.1) is 0 Å². The second kappa shape index (κ2) is 6.93. The van der Waals surface area contributed by atoms with Crippen LogP contribution in [0.4, 0.5) is 0 Å². The van der Waals surface area contributed by atoms with Gasteiger partial charge in [0, 0.05) is 18.0 Å². The highest BCUT2D eigenvalue weighted by atomic mass is 35.5. The van der Waals surface area contributed by atoms with E-state index in [-0.39, 0.29) is 11.9 Å². The maximum atomic E-state index is 12.3. The van der Waals surface area contributed by atoms with Crippen LogP contribution in [0.3, 0.4) is 0 Å². The Kier molecular flexibility index (Phi) is 4.71. The van der Waals surface area contributed by atoms with Crippen LogP contribution in [0.15, 0.2) is 42.5 Å². The van der Waals surface area contributed by atoms with Crippen LogP contribution in [-0.4, -0.2) is 25.1 Å². The molecule has 124 valence electrons. The number of benzene rings is 2. The van der Waals surface area contributed by atoms with Gasteiger partial charge in [-0.2, -0.15) is 0 Å². The Bertz CT molecular complexity index is 773. The number of rotatable bonds is 4. The minimum Gasteiger partial charge on any atom is -0.480 e. The number of carbonyl (C=O) groups is 2. The zero-order valence-electron chi connectivity index (χ0n) is 13.0. The van der Waals surface area contributed by atoms with E-state index in [9.17, 15) is 9.59 Å². The van der Waals surface area contributed by atoms with Crippen molar-refractivity contribution in [2.75, 3.05) is 7.11 Å². The molecule has 3 rings (SSSR count). The lowest BCUT2D eigenvalue weighted by atomic mass is 10.1. The molecule has 0 spiro atoms. The van der Waals surface area contributed by atoms with Crippen molar-refractivity contribution in [3.05, 3.63) is 64.2 Å². The fraction of sp³-hybridized carbons (Fsp3) is 0.222. The molecule has 5 nitrogen and oxygen atoms in total. The SMILES string of the molecule is COC(=O)c1ccc(CNC(=O)C2Cc3cc(Cl)ccc3O2)cc1. The second-order valence-corrected chi connectivity index (χ2v) is 5.91. The normalized spacial score (nSPS) is 15.3. The molecule has 0 fully saturated rings. The first-order valence-electron chi connectivity index (χ1n) is 7.47. The Balaban J connectivity index is 1.56. The van der Waals surface area contributed by atoms with Crippen LogP contribution in [-0.2, 0) is 22.5 Å². The first-order valence-corrected chi connectivity index (χ1v) is 7.84. The average Bonchev–Trinajstić information content (AvgIpc) is 3.02. The molecule has 1 N–H and O–H groups in total. The number of methoxy groups -OCH3 is 1. The molecular weight excluding hydrogens is 330 g/mol. The molecule has 2 aromatic carbocycles. The first kappa shape index (κ1) is 16.3. The molecule has 2 aromatic rings. The van der Waals surface area contributed by atoms with Crippen molar-refractivity contribution in [2.45, 2.75) is 19.1 Å². The van der Waals surface area contributed by atoms with E-state index in [0.717, 1.165) is 11.1 Å². The number of halogens is 1. The summed E-state index contributed by atoms with van der Waals surface area (Å²) < 4.78 is 10.3. The lowest BCUT2D eigenvalue weighted by molar-refractivity contribution is -0.127. The third-order valence-electron chi connectivity index (χ3n) is 3.83. The molecule has 1 heterocycles. The molecule has 1 amide bonds. The maximum Gasteiger partial charge on any atom is 0.337 e. The van der Waals surface area contributed by atoms with Gasteiger partial charge in [0.15, 0.2) is 6.10 Å². The Labute approximate surface area is 144 Å². The third kappa shape index (κ3) is 3.51. The van der Waals surface area contributed by atoms with Crippen LogP contribution in [0.5, 0.6) is 5.75 Å². The van der Waals surface area contributed by atoms with Crippen LogP contribution in [0.1, 0.15) is 21.5 Å². The molecule has 0 radical (unpaired) electrons. The summed E-state index contributed by atoms with van der Waals surface area (Å²) in [6.45, 7) is 0.358. The summed E-state index contributed by atoms with van der Waals surface area (Å²) in [5.41, 5.74) is 2.29. The highest BCUT2D eigenvalue weighted by Gasteiger charge is 2.28. The van der Waals surface area contributed by atoms with Crippen molar-refractivity contribution in [3.8, 4) is 5.75 Å². The van der Waals surface area contributed by atoms with Crippen molar-refractivity contribution < 1.29 is 19.1 Å². The van der Waals surface area contributed by atoms with Gasteiger partial charge in [-0.25, -0.2) is 4.79 Å². The van der Waals surface area contributed by atoms with E-state index in [4.69, 9.17) is 16.3 Å². The van der Waals surface area contributed by atoms with Gasteiger partial charge in [-0.05, 0) is 41.5 Å². The molecule has 0 aliphatic carbocycles. The van der Waals surface area contributed by atoms with E-state index in [1.165, 1.54) is 7.11 Å². The van der Waals surface area contributed by atoms with Crippen LogP contribution in [0.2, 0.25) is 5.02 Å². The van der Waals surface area contributed by atoms with Crippen molar-refractivity contribution in [2.24, 2.45) is 0 Å². The van der Waals surface area contributed by atoms with Gasteiger partial charge in [0.2, 0.25) is 0 Å². The highest BCUT2D eigenvalue weighted by molar-refractivity contribution is 6.30. The minimum absolute atomic E-state index is 0.181. The van der Waals surface area contributed by atoms with Crippen molar-refractivity contribution in [1.29, 1.82) is 0 Å². The zero-order valence-corrected chi connectivity index (χ0v) is 13.8. The fourth-order valence-corrected chi connectivity index (χ4v) is 2.74. The van der Waals surface area contributed by atoms with Gasteiger partial charge in [0.05, 0.1) is 12.7 Å². The number of fused-ring (bicyclic) bond motifs is 1. The van der Waals surface area contributed by atoms with Gasteiger partial charge in [-0.3, -0.25) is 4.79 Å². The lowest BCUT2D eigenvalue weighted by Crippen LogP contribution is -2.37. The van der Waals surface area contributed by atoms with E-state index in [1.54, 1.807) is 36.4 Å². The summed E-state index contributed by atoms with van der Waals surface area (Å²) in [7, 11) is 1.34. The van der Waals surface area contributed by atoms with E-state index < -0.39 is 6.10 Å². The quantitative estimate of drug-likeness (QED) is 0.865. The van der Waals surface area contributed by atoms with Crippen LogP contribution < -0.4 is 10.1 Å². The van der Waals surface area contributed by atoms with Gasteiger partial charge in [0.25, 0.3) is 5.91 Å². The molecule has 1 aliphatic rings. The van der Waals surface area contributed by atoms with Gasteiger partial charge in [0.1, 0.15) is 5.75 Å². The molecule has 0 saturated heterocycles. The average molecular weight is 346 g/mol. The first-order chi connectivity index (χ1) is 11.6. The van der Waals surface area contributed by atoms with Crippen molar-refractivity contribution in [3.63, 3.8) is 0 Å². The zero-order chi connectivity index (χ0) is 17.1. The Morgan fingerprint density at radius 1 is 1.25 bits per heavy atom. The number of amides is 1. The number of nitrogens with one attached hydrogen (secondary N) is 1. The monoisotopic (exact) mass is 345 g/mol. The lowest BCUT2D eigenvalue weighted by Gasteiger charge is -2.11. The van der Waals surface area contributed by atoms with Crippen LogP contribution in [0.25, 0.3) is 0 Å². The number of carbonyl (C=O) groups excluding carboxylic acids is 2. The number of hydrogen-bond donors (Lipinski definition) is 1. The summed E-state index contributed by atoms with van der Waals surface area (Å²) in [6, 6.07) is 12.2. The third-order valence-corrected chi connectivity index (χ3v) is 4.07. The van der Waals surface area contributed by atoms with Crippen LogP contribution in [0, 0.1) is 0 Å². The summed E-state index contributed by atoms with van der Waals surface area (Å²) in [5.74, 6) is 0.128. The Morgan fingerprint density at radius 3 is 2.71 bits per heavy atom. The fourth-order valence-electron chi connectivity index (χ4n) is 2.54. The summed E-state index contributed by atoms with van der Waals surface area (Å²) in [5, 5.41) is 3.47. The van der Waals surface area contributed by atoms with Gasteiger partial charge in [-0.1, -0.05) is 23.7 Å². The van der Waals surface area contributed by atoms with E-state index in [2.05, 4.69) is 10.1 Å². The largest absolute Gasteiger partial charge is 0.480 e. The number of esters is 1. The van der Waals surface area contributed by atoms with Gasteiger partial charge >= 0.3 is 5.97 Å². The van der Waals surface area contributed by atoms with E-state index in [1.807, 2.05) is 6.07 Å². The number of hydrogen-bond acceptors (Lipinski definition) is 4. The summed E-state index contributed by atoms with van der Waals surface area (Å²) >= 11 is 5.95. The smallest absolute Gasteiger partial charge is 0.337 e. The number of ether oxygens (including phenoxy) is 2. The molecule has 24 heavy (non-hydrogen) atoms. The molecule has 0 saturated carbocycles. The second-order valence-electron chi connectivity index (χ2n) is 5.47. The molecule has 0 bridgehead atoms. The molecule has 1 atom stereocenters. The molecule has 1 aliphatic heterocycles. The molecule has 1 unspecified atom stereocenters. The minimum atomic E-state index is -0.548. The Hall–Kier alpha value is -2.53. The summed E-state index contributed by atoms with van der Waals surface area (Å²) in [4.78, 5) is 23.6. The predicted octanol–water partition coefficient (Wildman–Crippen LogP) is 2.75. The standard InChI is InChI=1S/C18H16ClNO4/c1-23-18(22)12-4-2-11(3-5-12)10-20-17(21)16-9-13-8-14(19)6-7-15(13)24-16/h2-8,16H,9-10H2,1H3,(H,20,21). The van der Waals surface area contributed by atoms with Crippen LogP contribution >= 0.6 is 11.6 Å². The maximum absolute atomic E-state index is 12.3. The predicted molar refractivity (Wildman–Crippen MR) is 89.2 cm³/mol. The van der Waals surface area contributed by atoms with Crippen molar-refractivity contribution >= 4 is 23.5 Å². The molecule has 6 heteroatoms.